The number of rotatable bonds is 12. The van der Waals surface area contributed by atoms with Gasteiger partial charge in [-0.3, -0.25) is 13.9 Å². The van der Waals surface area contributed by atoms with E-state index in [1.807, 2.05) is 37.3 Å². The quantitative estimate of drug-likeness (QED) is 0.387. The fraction of sp³-hybridized carbons (Fsp3) is 0.440. The van der Waals surface area contributed by atoms with Crippen LogP contribution in [0.3, 0.4) is 0 Å². The zero-order valence-corrected chi connectivity index (χ0v) is 22.5. The van der Waals surface area contributed by atoms with Crippen molar-refractivity contribution in [3.05, 3.63) is 64.7 Å². The summed E-state index contributed by atoms with van der Waals surface area (Å²) in [7, 11) is -4.23. The van der Waals surface area contributed by atoms with Crippen LogP contribution in [0.4, 0.5) is 18.9 Å². The lowest BCUT2D eigenvalue weighted by Crippen LogP contribution is -2.52. The number of alkyl halides is 3. The molecule has 204 valence electrons. The molecule has 12 heteroatoms. The Labute approximate surface area is 220 Å². The molecule has 7 nitrogen and oxygen atoms in total. The van der Waals surface area contributed by atoms with Gasteiger partial charge in [-0.2, -0.15) is 13.2 Å². The Kier molecular flexibility index (Phi) is 10.8. The minimum Gasteiger partial charge on any atom is -0.354 e. The Morgan fingerprint density at radius 3 is 2.32 bits per heavy atom. The summed E-state index contributed by atoms with van der Waals surface area (Å²) in [4.78, 5) is 27.4. The molecule has 1 atom stereocenters. The number of carbonyl (C=O) groups is 2. The van der Waals surface area contributed by atoms with Gasteiger partial charge in [-0.15, -0.1) is 0 Å². The maximum Gasteiger partial charge on any atom is 0.416 e. The number of hydrogen-bond acceptors (Lipinski definition) is 4. The zero-order chi connectivity index (χ0) is 27.8. The number of halogens is 4. The summed E-state index contributed by atoms with van der Waals surface area (Å²) in [6.45, 7) is 3.15. The molecule has 0 fully saturated rings. The van der Waals surface area contributed by atoms with Crippen LogP contribution in [0.5, 0.6) is 0 Å². The zero-order valence-electron chi connectivity index (χ0n) is 20.9. The fourth-order valence-corrected chi connectivity index (χ4v) is 4.70. The molecule has 0 bridgehead atoms. The van der Waals surface area contributed by atoms with Gasteiger partial charge in [-0.25, -0.2) is 8.42 Å². The lowest BCUT2D eigenvalue weighted by atomic mass is 10.1. The van der Waals surface area contributed by atoms with Crippen molar-refractivity contribution in [2.75, 3.05) is 30.2 Å². The van der Waals surface area contributed by atoms with Gasteiger partial charge in [0.15, 0.2) is 0 Å². The van der Waals surface area contributed by atoms with Crippen LogP contribution in [0.1, 0.15) is 37.8 Å². The van der Waals surface area contributed by atoms with Gasteiger partial charge < -0.3 is 10.2 Å². The average Bonchev–Trinajstić information content (AvgIpc) is 2.82. The molecule has 2 aromatic rings. The molecule has 0 aliphatic heterocycles. The molecule has 0 saturated carbocycles. The van der Waals surface area contributed by atoms with Crippen molar-refractivity contribution in [1.29, 1.82) is 0 Å². The van der Waals surface area contributed by atoms with Gasteiger partial charge in [0, 0.05) is 13.1 Å². The molecule has 1 N–H and O–H groups in total. The smallest absolute Gasteiger partial charge is 0.354 e. The van der Waals surface area contributed by atoms with E-state index in [-0.39, 0.29) is 11.6 Å². The lowest BCUT2D eigenvalue weighted by molar-refractivity contribution is -0.138. The number of nitrogens with one attached hydrogen (secondary N) is 1. The first-order valence-corrected chi connectivity index (χ1v) is 13.9. The topological polar surface area (TPSA) is 86.8 Å². The maximum atomic E-state index is 13.4. The Bertz CT molecular complexity index is 1180. The van der Waals surface area contributed by atoms with E-state index in [0.29, 0.717) is 23.3 Å². The highest BCUT2D eigenvalue weighted by Gasteiger charge is 2.34. The van der Waals surface area contributed by atoms with Crippen LogP contribution in [-0.4, -0.2) is 57.1 Å². The number of nitrogens with zero attached hydrogens (tertiary/aromatic N) is 2. The summed E-state index contributed by atoms with van der Waals surface area (Å²) in [5, 5.41) is 2.48. The number of unbranched alkanes of at least 4 members (excludes halogenated alkanes) is 1. The van der Waals surface area contributed by atoms with Crippen molar-refractivity contribution in [3.63, 3.8) is 0 Å². The molecule has 37 heavy (non-hydrogen) atoms. The third-order valence-corrected chi connectivity index (χ3v) is 7.15. The fourth-order valence-electron chi connectivity index (χ4n) is 3.58. The molecule has 2 amide bonds. The summed E-state index contributed by atoms with van der Waals surface area (Å²) < 4.78 is 65.6. The van der Waals surface area contributed by atoms with Gasteiger partial charge in [-0.1, -0.05) is 55.3 Å². The highest BCUT2D eigenvalue weighted by molar-refractivity contribution is 7.92. The second-order valence-electron chi connectivity index (χ2n) is 8.58. The molecular weight excluding hydrogens is 531 g/mol. The number of amides is 2. The van der Waals surface area contributed by atoms with E-state index in [0.717, 1.165) is 36.8 Å². The number of sulfonamides is 1. The van der Waals surface area contributed by atoms with Gasteiger partial charge >= 0.3 is 6.18 Å². The van der Waals surface area contributed by atoms with Crippen molar-refractivity contribution in [2.24, 2.45) is 0 Å². The highest BCUT2D eigenvalue weighted by Crippen LogP contribution is 2.36. The normalized spacial score (nSPS) is 12.6. The third kappa shape index (κ3) is 8.92. The number of benzene rings is 2. The third-order valence-electron chi connectivity index (χ3n) is 5.70. The predicted molar refractivity (Wildman–Crippen MR) is 138 cm³/mol. The molecule has 2 rings (SSSR count). The SMILES string of the molecule is CCCCNC(=O)[C@H](C)N(CCc1ccccc1)C(=O)CN(c1cc(C(F)(F)F)ccc1Cl)S(C)(=O)=O. The first-order chi connectivity index (χ1) is 17.3. The summed E-state index contributed by atoms with van der Waals surface area (Å²) >= 11 is 6.07. The van der Waals surface area contributed by atoms with Crippen molar-refractivity contribution in [1.82, 2.24) is 10.2 Å². The van der Waals surface area contributed by atoms with E-state index in [4.69, 9.17) is 11.6 Å². The summed E-state index contributed by atoms with van der Waals surface area (Å²) in [6.07, 6.45) is -2.01. The van der Waals surface area contributed by atoms with Crippen LogP contribution in [0, 0.1) is 0 Å². The molecule has 0 aliphatic rings. The standard InChI is InChI=1S/C25H31ClF3N3O4S/c1-4-5-14-30-24(34)18(2)31(15-13-19-9-7-6-8-10-19)23(33)17-32(37(3,35)36)22-16-20(25(27,28)29)11-12-21(22)26/h6-12,16,18H,4-5,13-15,17H2,1-3H3,(H,30,34)/t18-/m0/s1. The van der Waals surface area contributed by atoms with Gasteiger partial charge in [0.2, 0.25) is 21.8 Å². The van der Waals surface area contributed by atoms with Crippen molar-refractivity contribution in [2.45, 2.75) is 45.3 Å². The first-order valence-electron chi connectivity index (χ1n) is 11.7. The molecule has 0 radical (unpaired) electrons. The Morgan fingerprint density at radius 2 is 1.76 bits per heavy atom. The van der Waals surface area contributed by atoms with E-state index < -0.39 is 51.9 Å². The van der Waals surface area contributed by atoms with Crippen LogP contribution < -0.4 is 9.62 Å². The van der Waals surface area contributed by atoms with Crippen LogP contribution >= 0.6 is 11.6 Å². The molecule has 0 unspecified atom stereocenters. The van der Waals surface area contributed by atoms with Gasteiger partial charge in [0.25, 0.3) is 0 Å². The maximum absolute atomic E-state index is 13.4. The van der Waals surface area contributed by atoms with E-state index >= 15 is 0 Å². The van der Waals surface area contributed by atoms with E-state index in [1.54, 1.807) is 0 Å². The molecule has 2 aromatic carbocycles. The van der Waals surface area contributed by atoms with E-state index in [1.165, 1.54) is 11.8 Å². The second kappa shape index (κ2) is 13.1. The average molecular weight is 562 g/mol. The minimum atomic E-state index is -4.75. The number of carbonyl (C=O) groups excluding carboxylic acids is 2. The Balaban J connectivity index is 2.39. The van der Waals surface area contributed by atoms with Crippen molar-refractivity contribution < 1.29 is 31.2 Å². The predicted octanol–water partition coefficient (Wildman–Crippen LogP) is 4.50. The van der Waals surface area contributed by atoms with Crippen LogP contribution in [0.15, 0.2) is 48.5 Å². The monoisotopic (exact) mass is 561 g/mol. The highest BCUT2D eigenvalue weighted by atomic mass is 35.5. The molecule has 0 heterocycles. The van der Waals surface area contributed by atoms with Crippen molar-refractivity contribution >= 4 is 39.1 Å². The van der Waals surface area contributed by atoms with Gasteiger partial charge in [-0.05, 0) is 43.5 Å². The van der Waals surface area contributed by atoms with Crippen LogP contribution in [-0.2, 0) is 32.2 Å². The summed E-state index contributed by atoms with van der Waals surface area (Å²) in [5.41, 5.74) is -0.701. The summed E-state index contributed by atoms with van der Waals surface area (Å²) in [5.74, 6) is -1.18. The first kappa shape index (κ1) is 30.4. The number of hydrogen-bond donors (Lipinski definition) is 1. The molecule has 0 spiro atoms. The van der Waals surface area contributed by atoms with E-state index in [2.05, 4.69) is 5.32 Å². The molecular formula is C25H31ClF3N3O4S. The Morgan fingerprint density at radius 1 is 1.11 bits per heavy atom. The molecule has 0 saturated heterocycles. The minimum absolute atomic E-state index is 0.0825. The lowest BCUT2D eigenvalue weighted by Gasteiger charge is -2.32. The second-order valence-corrected chi connectivity index (χ2v) is 10.9. The van der Waals surface area contributed by atoms with Gasteiger partial charge in [0.05, 0.1) is 22.5 Å². The number of anilines is 1. The summed E-state index contributed by atoms with van der Waals surface area (Å²) in [6, 6.07) is 10.5. The van der Waals surface area contributed by atoms with Crippen LogP contribution in [0.25, 0.3) is 0 Å². The Hall–Kier alpha value is -2.79. The van der Waals surface area contributed by atoms with Gasteiger partial charge in [0.1, 0.15) is 12.6 Å². The molecule has 0 aromatic heterocycles. The van der Waals surface area contributed by atoms with Crippen molar-refractivity contribution in [3.8, 4) is 0 Å². The van der Waals surface area contributed by atoms with E-state index in [9.17, 15) is 31.2 Å². The largest absolute Gasteiger partial charge is 0.416 e. The van der Waals surface area contributed by atoms with Crippen LogP contribution in [0.2, 0.25) is 5.02 Å². The molecule has 0 aliphatic carbocycles.